The first-order valence-electron chi connectivity index (χ1n) is 10.4. The average molecular weight is 386 g/mol. The molecule has 0 radical (unpaired) electrons. The third-order valence-corrected chi connectivity index (χ3v) is 6.24. The van der Waals surface area contributed by atoms with Crippen LogP contribution in [0.2, 0.25) is 0 Å². The molecule has 2 N–H and O–H groups in total. The minimum absolute atomic E-state index is 0.0151. The van der Waals surface area contributed by atoms with Gasteiger partial charge in [0.2, 0.25) is 5.91 Å². The van der Waals surface area contributed by atoms with Gasteiger partial charge in [-0.25, -0.2) is 0 Å². The number of hydrogen-bond acceptors (Lipinski definition) is 3. The highest BCUT2D eigenvalue weighted by atomic mass is 16.4. The highest BCUT2D eigenvalue weighted by Gasteiger charge is 2.31. The van der Waals surface area contributed by atoms with Gasteiger partial charge in [-0.3, -0.25) is 14.4 Å². The number of rotatable bonds is 5. The van der Waals surface area contributed by atoms with Crippen LogP contribution in [0.25, 0.3) is 0 Å². The van der Waals surface area contributed by atoms with Crippen molar-refractivity contribution >= 4 is 23.5 Å². The second-order valence-electron chi connectivity index (χ2n) is 8.17. The fraction of sp³-hybridized carbons (Fsp3) is 0.591. The van der Waals surface area contributed by atoms with Crippen LogP contribution in [0.1, 0.15) is 68.1 Å². The molecule has 152 valence electrons. The number of carboxylic acids is 1. The summed E-state index contributed by atoms with van der Waals surface area (Å²) in [5.74, 6) is -1.64. The molecule has 2 fully saturated rings. The summed E-state index contributed by atoms with van der Waals surface area (Å²) in [6, 6.07) is 7.31. The van der Waals surface area contributed by atoms with Crippen molar-refractivity contribution in [3.05, 3.63) is 29.8 Å². The van der Waals surface area contributed by atoms with Crippen LogP contribution in [0.15, 0.2) is 24.3 Å². The summed E-state index contributed by atoms with van der Waals surface area (Å²) in [5, 5.41) is 12.1. The van der Waals surface area contributed by atoms with Gasteiger partial charge in [-0.05, 0) is 56.4 Å². The number of carbonyl (C=O) groups is 3. The molecular weight excluding hydrogens is 356 g/mol. The van der Waals surface area contributed by atoms with E-state index in [9.17, 15) is 19.5 Å². The summed E-state index contributed by atoms with van der Waals surface area (Å²) in [4.78, 5) is 38.2. The van der Waals surface area contributed by atoms with Crippen LogP contribution in [0.3, 0.4) is 0 Å². The Morgan fingerprint density at radius 2 is 1.57 bits per heavy atom. The lowest BCUT2D eigenvalue weighted by molar-refractivity contribution is -0.143. The fourth-order valence-corrected chi connectivity index (χ4v) is 4.43. The number of carboxylic acid groups (broad SMARTS) is 1. The minimum Gasteiger partial charge on any atom is -0.481 e. The first-order valence-corrected chi connectivity index (χ1v) is 10.4. The number of nitrogens with one attached hydrogen (secondary N) is 1. The molecule has 2 atom stereocenters. The second-order valence-corrected chi connectivity index (χ2v) is 8.17. The predicted octanol–water partition coefficient (Wildman–Crippen LogP) is 3.92. The second kappa shape index (κ2) is 9.22. The van der Waals surface area contributed by atoms with Gasteiger partial charge in [0.1, 0.15) is 0 Å². The van der Waals surface area contributed by atoms with Crippen molar-refractivity contribution < 1.29 is 19.5 Å². The van der Waals surface area contributed by atoms with Crippen LogP contribution in [-0.4, -0.2) is 40.9 Å². The third-order valence-electron chi connectivity index (χ3n) is 6.24. The molecule has 6 nitrogen and oxygen atoms in total. The van der Waals surface area contributed by atoms with Crippen molar-refractivity contribution in [3.63, 3.8) is 0 Å². The molecule has 0 bridgehead atoms. The topological polar surface area (TPSA) is 86.7 Å². The Morgan fingerprint density at radius 1 is 0.929 bits per heavy atom. The molecule has 2 aliphatic carbocycles. The third kappa shape index (κ3) is 4.91. The zero-order valence-corrected chi connectivity index (χ0v) is 16.5. The van der Waals surface area contributed by atoms with Crippen LogP contribution in [-0.2, 0) is 9.59 Å². The standard InChI is InChI=1S/C22H30N2O4/c1-24(19-8-3-2-4-9-19)21(26)15-10-12-18(13-11-15)23-20(25)16-6-5-7-17(14-16)22(27)28/h10-13,16-17,19H,2-9,14H2,1H3,(H,23,25)(H,27,28). The molecule has 1 aromatic rings. The summed E-state index contributed by atoms with van der Waals surface area (Å²) in [5.41, 5.74) is 1.26. The molecule has 2 unspecified atom stereocenters. The van der Waals surface area contributed by atoms with E-state index in [0.717, 1.165) is 25.7 Å². The number of aliphatic carboxylic acids is 1. The van der Waals surface area contributed by atoms with Crippen molar-refractivity contribution in [2.24, 2.45) is 11.8 Å². The van der Waals surface area contributed by atoms with Crippen molar-refractivity contribution in [1.82, 2.24) is 4.90 Å². The maximum absolute atomic E-state index is 12.7. The molecule has 2 amide bonds. The summed E-state index contributed by atoms with van der Waals surface area (Å²) in [6.45, 7) is 0. The maximum atomic E-state index is 12.7. The Hall–Kier alpha value is -2.37. The molecule has 1 aromatic carbocycles. The van der Waals surface area contributed by atoms with Crippen molar-refractivity contribution in [3.8, 4) is 0 Å². The molecule has 0 aromatic heterocycles. The number of hydrogen-bond donors (Lipinski definition) is 2. The van der Waals surface area contributed by atoms with Crippen LogP contribution < -0.4 is 5.32 Å². The first-order chi connectivity index (χ1) is 13.5. The van der Waals surface area contributed by atoms with Gasteiger partial charge in [-0.15, -0.1) is 0 Å². The molecule has 0 heterocycles. The lowest BCUT2D eigenvalue weighted by atomic mass is 9.81. The van der Waals surface area contributed by atoms with E-state index >= 15 is 0 Å². The SMILES string of the molecule is CN(C(=O)c1ccc(NC(=O)C2CCCC(C(=O)O)C2)cc1)C1CCCCC1. The minimum atomic E-state index is -0.817. The maximum Gasteiger partial charge on any atom is 0.306 e. The molecule has 6 heteroatoms. The van der Waals surface area contributed by atoms with Gasteiger partial charge in [-0.2, -0.15) is 0 Å². The average Bonchev–Trinajstić information content (AvgIpc) is 2.74. The van der Waals surface area contributed by atoms with E-state index in [0.29, 0.717) is 30.1 Å². The molecule has 2 aliphatic rings. The van der Waals surface area contributed by atoms with Crippen LogP contribution in [0.5, 0.6) is 0 Å². The Kier molecular flexibility index (Phi) is 6.70. The lowest BCUT2D eigenvalue weighted by Crippen LogP contribution is -2.38. The summed E-state index contributed by atoms with van der Waals surface area (Å²) in [7, 11) is 1.87. The largest absolute Gasteiger partial charge is 0.481 e. The van der Waals surface area contributed by atoms with Gasteiger partial charge in [0.15, 0.2) is 0 Å². The number of anilines is 1. The summed E-state index contributed by atoms with van der Waals surface area (Å²) >= 11 is 0. The number of benzene rings is 1. The number of nitrogens with zero attached hydrogens (tertiary/aromatic N) is 1. The summed E-state index contributed by atoms with van der Waals surface area (Å²) < 4.78 is 0. The molecular formula is C22H30N2O4. The molecule has 2 saturated carbocycles. The van der Waals surface area contributed by atoms with E-state index < -0.39 is 11.9 Å². The zero-order valence-electron chi connectivity index (χ0n) is 16.5. The highest BCUT2D eigenvalue weighted by molar-refractivity contribution is 5.96. The van der Waals surface area contributed by atoms with Gasteiger partial charge < -0.3 is 15.3 Å². The van der Waals surface area contributed by atoms with E-state index in [1.165, 1.54) is 19.3 Å². The Morgan fingerprint density at radius 3 is 2.21 bits per heavy atom. The van der Waals surface area contributed by atoms with Gasteiger partial charge in [0.25, 0.3) is 5.91 Å². The number of carbonyl (C=O) groups excluding carboxylic acids is 2. The van der Waals surface area contributed by atoms with E-state index in [1.807, 2.05) is 11.9 Å². The van der Waals surface area contributed by atoms with Crippen LogP contribution in [0, 0.1) is 11.8 Å². The highest BCUT2D eigenvalue weighted by Crippen LogP contribution is 2.30. The Labute approximate surface area is 166 Å². The van der Waals surface area contributed by atoms with Crippen molar-refractivity contribution in [2.75, 3.05) is 12.4 Å². The number of amides is 2. The summed E-state index contributed by atoms with van der Waals surface area (Å²) in [6.07, 6.45) is 8.25. The molecule has 0 saturated heterocycles. The van der Waals surface area contributed by atoms with Gasteiger partial charge in [-0.1, -0.05) is 25.7 Å². The van der Waals surface area contributed by atoms with Gasteiger partial charge in [0.05, 0.1) is 5.92 Å². The van der Waals surface area contributed by atoms with Crippen LogP contribution >= 0.6 is 0 Å². The van der Waals surface area contributed by atoms with Crippen LogP contribution in [0.4, 0.5) is 5.69 Å². The van der Waals surface area contributed by atoms with Crippen molar-refractivity contribution in [1.29, 1.82) is 0 Å². The Bertz CT molecular complexity index is 710. The quantitative estimate of drug-likeness (QED) is 0.803. The molecule has 0 spiro atoms. The Balaban J connectivity index is 1.57. The molecule has 3 rings (SSSR count). The van der Waals surface area contributed by atoms with Gasteiger partial charge in [0, 0.05) is 30.3 Å². The van der Waals surface area contributed by atoms with Gasteiger partial charge >= 0.3 is 5.97 Å². The monoisotopic (exact) mass is 386 g/mol. The van der Waals surface area contributed by atoms with E-state index in [1.54, 1.807) is 24.3 Å². The smallest absolute Gasteiger partial charge is 0.306 e. The first kappa shape index (κ1) is 20.4. The fourth-order valence-electron chi connectivity index (χ4n) is 4.43. The molecule has 0 aliphatic heterocycles. The molecule has 28 heavy (non-hydrogen) atoms. The van der Waals surface area contributed by atoms with E-state index in [-0.39, 0.29) is 17.7 Å². The predicted molar refractivity (Wildman–Crippen MR) is 107 cm³/mol. The normalized spacial score (nSPS) is 23.0. The zero-order chi connectivity index (χ0) is 20.1. The van der Waals surface area contributed by atoms with E-state index in [2.05, 4.69) is 5.32 Å². The van der Waals surface area contributed by atoms with Crippen molar-refractivity contribution in [2.45, 2.75) is 63.8 Å². The van der Waals surface area contributed by atoms with E-state index in [4.69, 9.17) is 0 Å². The lowest BCUT2D eigenvalue weighted by Gasteiger charge is -2.31.